The molecule has 1 amide bonds. The SMILES string of the molecule is CC1CC(C)CN(C(=O)c2cc([N+](=O)[O-])ccc2N2CCCCC2)C1. The maximum atomic E-state index is 13.2. The zero-order chi connectivity index (χ0) is 18.0. The van der Waals surface area contributed by atoms with Gasteiger partial charge >= 0.3 is 0 Å². The van der Waals surface area contributed by atoms with E-state index in [1.165, 1.54) is 18.6 Å². The number of rotatable bonds is 3. The van der Waals surface area contributed by atoms with Crippen LogP contribution in [0.25, 0.3) is 0 Å². The van der Waals surface area contributed by atoms with Crippen molar-refractivity contribution in [3.63, 3.8) is 0 Å². The predicted molar refractivity (Wildman–Crippen MR) is 98.0 cm³/mol. The molecule has 2 heterocycles. The van der Waals surface area contributed by atoms with Gasteiger partial charge < -0.3 is 9.80 Å². The third-order valence-corrected chi connectivity index (χ3v) is 5.27. The van der Waals surface area contributed by atoms with Gasteiger partial charge in [0, 0.05) is 38.3 Å². The molecular weight excluding hydrogens is 318 g/mol. The standard InChI is InChI=1S/C19H27N3O3/c1-14-10-15(2)13-21(12-14)19(23)17-11-16(22(24)25)6-7-18(17)20-8-4-3-5-9-20/h6-7,11,14-15H,3-5,8-10,12-13H2,1-2H3. The molecule has 2 unspecified atom stereocenters. The van der Waals surface area contributed by atoms with E-state index >= 15 is 0 Å². The molecule has 0 aromatic heterocycles. The number of hydrogen-bond donors (Lipinski definition) is 0. The van der Waals surface area contributed by atoms with Crippen LogP contribution in [0.1, 0.15) is 49.9 Å². The monoisotopic (exact) mass is 345 g/mol. The minimum absolute atomic E-state index is 0.0118. The van der Waals surface area contributed by atoms with Gasteiger partial charge in [-0.05, 0) is 43.6 Å². The molecule has 1 aromatic rings. The van der Waals surface area contributed by atoms with Gasteiger partial charge in [0.1, 0.15) is 0 Å². The topological polar surface area (TPSA) is 66.7 Å². The second-order valence-corrected chi connectivity index (χ2v) is 7.66. The summed E-state index contributed by atoms with van der Waals surface area (Å²) in [7, 11) is 0. The van der Waals surface area contributed by atoms with E-state index in [2.05, 4.69) is 18.7 Å². The minimum atomic E-state index is -0.418. The normalized spacial score (nSPS) is 24.2. The summed E-state index contributed by atoms with van der Waals surface area (Å²) in [5, 5.41) is 11.2. The lowest BCUT2D eigenvalue weighted by Crippen LogP contribution is -2.43. The molecule has 2 aliphatic heterocycles. The molecular formula is C19H27N3O3. The Labute approximate surface area is 148 Å². The van der Waals surface area contributed by atoms with Gasteiger partial charge in [0.05, 0.1) is 16.2 Å². The minimum Gasteiger partial charge on any atom is -0.371 e. The molecule has 0 saturated carbocycles. The van der Waals surface area contributed by atoms with E-state index in [4.69, 9.17) is 0 Å². The van der Waals surface area contributed by atoms with Gasteiger partial charge in [0.25, 0.3) is 11.6 Å². The average Bonchev–Trinajstić information content (AvgIpc) is 2.60. The Morgan fingerprint density at radius 3 is 2.36 bits per heavy atom. The highest BCUT2D eigenvalue weighted by Crippen LogP contribution is 2.31. The molecule has 0 aliphatic carbocycles. The lowest BCUT2D eigenvalue weighted by molar-refractivity contribution is -0.384. The fraction of sp³-hybridized carbons (Fsp3) is 0.632. The molecule has 0 N–H and O–H groups in total. The van der Waals surface area contributed by atoms with Crippen LogP contribution in [0.4, 0.5) is 11.4 Å². The quantitative estimate of drug-likeness (QED) is 0.619. The Hall–Kier alpha value is -2.11. The fourth-order valence-corrected chi connectivity index (χ4v) is 4.22. The molecule has 1 aromatic carbocycles. The van der Waals surface area contributed by atoms with Crippen molar-refractivity contribution in [2.24, 2.45) is 11.8 Å². The molecule has 2 saturated heterocycles. The summed E-state index contributed by atoms with van der Waals surface area (Å²) < 4.78 is 0. The van der Waals surface area contributed by atoms with Gasteiger partial charge in [-0.3, -0.25) is 14.9 Å². The van der Waals surface area contributed by atoms with Crippen LogP contribution < -0.4 is 4.90 Å². The first-order valence-electron chi connectivity index (χ1n) is 9.28. The number of carbonyl (C=O) groups excluding carboxylic acids is 1. The highest BCUT2D eigenvalue weighted by molar-refractivity contribution is 6.00. The van der Waals surface area contributed by atoms with Crippen LogP contribution in [-0.2, 0) is 0 Å². The van der Waals surface area contributed by atoms with Crippen molar-refractivity contribution in [1.82, 2.24) is 4.90 Å². The summed E-state index contributed by atoms with van der Waals surface area (Å²) in [4.78, 5) is 28.1. The van der Waals surface area contributed by atoms with Gasteiger partial charge in [-0.15, -0.1) is 0 Å². The number of carbonyl (C=O) groups is 1. The third kappa shape index (κ3) is 3.94. The molecule has 0 bridgehead atoms. The summed E-state index contributed by atoms with van der Waals surface area (Å²) in [5.74, 6) is 0.859. The van der Waals surface area contributed by atoms with Gasteiger partial charge in [0.15, 0.2) is 0 Å². The van der Waals surface area contributed by atoms with Crippen molar-refractivity contribution in [3.8, 4) is 0 Å². The molecule has 6 heteroatoms. The van der Waals surface area contributed by atoms with E-state index < -0.39 is 4.92 Å². The first kappa shape index (κ1) is 17.7. The van der Waals surface area contributed by atoms with Crippen molar-refractivity contribution in [2.75, 3.05) is 31.1 Å². The first-order valence-corrected chi connectivity index (χ1v) is 9.28. The molecule has 0 radical (unpaired) electrons. The van der Waals surface area contributed by atoms with Crippen LogP contribution in [0.15, 0.2) is 18.2 Å². The molecule has 2 atom stereocenters. The third-order valence-electron chi connectivity index (χ3n) is 5.27. The van der Waals surface area contributed by atoms with Crippen LogP contribution in [0.2, 0.25) is 0 Å². The second kappa shape index (κ2) is 7.42. The molecule has 2 aliphatic rings. The Bertz CT molecular complexity index is 645. The number of non-ortho nitro benzene ring substituents is 1. The van der Waals surface area contributed by atoms with Crippen molar-refractivity contribution in [1.29, 1.82) is 0 Å². The summed E-state index contributed by atoms with van der Waals surface area (Å²) in [6.45, 7) is 7.59. The van der Waals surface area contributed by atoms with Crippen LogP contribution in [0.3, 0.4) is 0 Å². The number of nitro groups is 1. The van der Waals surface area contributed by atoms with Crippen molar-refractivity contribution < 1.29 is 9.72 Å². The van der Waals surface area contributed by atoms with Gasteiger partial charge in [-0.25, -0.2) is 0 Å². The smallest absolute Gasteiger partial charge is 0.270 e. The van der Waals surface area contributed by atoms with E-state index in [9.17, 15) is 14.9 Å². The lowest BCUT2D eigenvalue weighted by Gasteiger charge is -2.36. The summed E-state index contributed by atoms with van der Waals surface area (Å²) in [6, 6.07) is 4.74. The summed E-state index contributed by atoms with van der Waals surface area (Å²) >= 11 is 0. The van der Waals surface area contributed by atoms with Crippen LogP contribution in [0.5, 0.6) is 0 Å². The van der Waals surface area contributed by atoms with E-state index in [-0.39, 0.29) is 11.6 Å². The van der Waals surface area contributed by atoms with Crippen molar-refractivity contribution in [2.45, 2.75) is 39.5 Å². The molecule has 2 fully saturated rings. The summed E-state index contributed by atoms with van der Waals surface area (Å²) in [6.07, 6.45) is 4.52. The van der Waals surface area contributed by atoms with Crippen LogP contribution >= 0.6 is 0 Å². The van der Waals surface area contributed by atoms with E-state index in [1.54, 1.807) is 6.07 Å². The molecule has 3 rings (SSSR count). The number of hydrogen-bond acceptors (Lipinski definition) is 4. The highest BCUT2D eigenvalue weighted by Gasteiger charge is 2.29. The van der Waals surface area contributed by atoms with Crippen LogP contribution in [0, 0.1) is 22.0 Å². The van der Waals surface area contributed by atoms with Crippen LogP contribution in [-0.4, -0.2) is 41.9 Å². The van der Waals surface area contributed by atoms with E-state index in [1.807, 2.05) is 4.90 Å². The number of benzene rings is 1. The molecule has 0 spiro atoms. The Kier molecular flexibility index (Phi) is 5.25. The molecule has 6 nitrogen and oxygen atoms in total. The van der Waals surface area contributed by atoms with E-state index in [0.29, 0.717) is 17.4 Å². The maximum absolute atomic E-state index is 13.2. The lowest BCUT2D eigenvalue weighted by atomic mass is 9.91. The number of nitrogens with zero attached hydrogens (tertiary/aromatic N) is 3. The predicted octanol–water partition coefficient (Wildman–Crippen LogP) is 3.70. The zero-order valence-electron chi connectivity index (χ0n) is 15.1. The zero-order valence-corrected chi connectivity index (χ0v) is 15.1. The number of nitro benzene ring substituents is 1. The van der Waals surface area contributed by atoms with Gasteiger partial charge in [-0.1, -0.05) is 13.8 Å². The number of anilines is 1. The first-order chi connectivity index (χ1) is 12.0. The van der Waals surface area contributed by atoms with E-state index in [0.717, 1.165) is 51.1 Å². The number of amides is 1. The average molecular weight is 345 g/mol. The van der Waals surface area contributed by atoms with Crippen molar-refractivity contribution >= 4 is 17.3 Å². The van der Waals surface area contributed by atoms with Crippen molar-refractivity contribution in [3.05, 3.63) is 33.9 Å². The Morgan fingerprint density at radius 2 is 1.76 bits per heavy atom. The summed E-state index contributed by atoms with van der Waals surface area (Å²) in [5.41, 5.74) is 1.32. The maximum Gasteiger partial charge on any atom is 0.270 e. The highest BCUT2D eigenvalue weighted by atomic mass is 16.6. The fourth-order valence-electron chi connectivity index (χ4n) is 4.22. The van der Waals surface area contributed by atoms with Gasteiger partial charge in [0.2, 0.25) is 0 Å². The Morgan fingerprint density at radius 1 is 1.12 bits per heavy atom. The second-order valence-electron chi connectivity index (χ2n) is 7.66. The Balaban J connectivity index is 1.94. The molecule has 136 valence electrons. The molecule has 25 heavy (non-hydrogen) atoms. The number of piperidine rings is 2. The largest absolute Gasteiger partial charge is 0.371 e. The van der Waals surface area contributed by atoms with Gasteiger partial charge in [-0.2, -0.15) is 0 Å². The number of likely N-dealkylation sites (tertiary alicyclic amines) is 1.